The van der Waals surface area contributed by atoms with Crippen molar-refractivity contribution in [2.75, 3.05) is 58.9 Å². The minimum absolute atomic E-state index is 0.810. The van der Waals surface area contributed by atoms with E-state index in [9.17, 15) is 0 Å². The zero-order chi connectivity index (χ0) is 15.4. The third kappa shape index (κ3) is 4.33. The van der Waals surface area contributed by atoms with Crippen LogP contribution in [-0.4, -0.2) is 73.6 Å². The summed E-state index contributed by atoms with van der Waals surface area (Å²) in [5.74, 6) is 1.68. The average Bonchev–Trinajstić information content (AvgIpc) is 3.04. The second-order valence-electron chi connectivity index (χ2n) is 7.80. The van der Waals surface area contributed by atoms with Crippen molar-refractivity contribution in [3.05, 3.63) is 11.6 Å². The van der Waals surface area contributed by atoms with Crippen LogP contribution in [0.1, 0.15) is 39.5 Å². The summed E-state index contributed by atoms with van der Waals surface area (Å²) in [6.07, 6.45) is 8.00. The maximum absolute atomic E-state index is 2.72. The second-order valence-corrected chi connectivity index (χ2v) is 7.80. The van der Waals surface area contributed by atoms with Crippen molar-refractivity contribution in [1.82, 2.24) is 14.7 Å². The highest BCUT2D eigenvalue weighted by atomic mass is 15.3. The van der Waals surface area contributed by atoms with E-state index in [0.717, 1.165) is 11.8 Å². The fourth-order valence-electron chi connectivity index (χ4n) is 4.46. The molecule has 0 unspecified atom stereocenters. The molecule has 0 amide bonds. The van der Waals surface area contributed by atoms with Crippen molar-refractivity contribution >= 4 is 0 Å². The molecule has 3 heteroatoms. The van der Waals surface area contributed by atoms with Gasteiger partial charge in [-0.3, -0.25) is 4.90 Å². The quantitative estimate of drug-likeness (QED) is 0.723. The van der Waals surface area contributed by atoms with Crippen LogP contribution in [0.4, 0.5) is 0 Å². The van der Waals surface area contributed by atoms with Crippen molar-refractivity contribution in [3.8, 4) is 0 Å². The van der Waals surface area contributed by atoms with E-state index in [2.05, 4.69) is 34.6 Å². The van der Waals surface area contributed by atoms with Crippen LogP contribution < -0.4 is 0 Å². The predicted molar refractivity (Wildman–Crippen MR) is 94.2 cm³/mol. The molecule has 0 bridgehead atoms. The van der Waals surface area contributed by atoms with E-state index in [1.165, 1.54) is 84.6 Å². The molecule has 3 aliphatic rings. The molecule has 2 atom stereocenters. The fourth-order valence-corrected chi connectivity index (χ4v) is 4.46. The van der Waals surface area contributed by atoms with Crippen molar-refractivity contribution in [3.63, 3.8) is 0 Å². The van der Waals surface area contributed by atoms with Gasteiger partial charge in [0.1, 0.15) is 0 Å². The van der Waals surface area contributed by atoms with Gasteiger partial charge >= 0.3 is 0 Å². The van der Waals surface area contributed by atoms with Crippen LogP contribution in [0.15, 0.2) is 11.6 Å². The number of nitrogens with zero attached hydrogens (tertiary/aromatic N) is 3. The summed E-state index contributed by atoms with van der Waals surface area (Å²) < 4.78 is 0. The van der Waals surface area contributed by atoms with Crippen molar-refractivity contribution in [2.24, 2.45) is 11.8 Å². The van der Waals surface area contributed by atoms with E-state index in [4.69, 9.17) is 0 Å². The number of hydrogen-bond acceptors (Lipinski definition) is 3. The van der Waals surface area contributed by atoms with Gasteiger partial charge in [-0.25, -0.2) is 0 Å². The first-order chi connectivity index (χ1) is 10.7. The normalized spacial score (nSPS) is 32.4. The Morgan fingerprint density at radius 2 is 1.50 bits per heavy atom. The molecule has 1 aliphatic carbocycles. The van der Waals surface area contributed by atoms with Crippen LogP contribution in [0.5, 0.6) is 0 Å². The Bertz CT molecular complexity index is 365. The van der Waals surface area contributed by atoms with Gasteiger partial charge in [0.2, 0.25) is 0 Å². The second kappa shape index (κ2) is 7.94. The first-order valence-electron chi connectivity index (χ1n) is 9.56. The molecule has 22 heavy (non-hydrogen) atoms. The van der Waals surface area contributed by atoms with Gasteiger partial charge in [-0.1, -0.05) is 18.6 Å². The van der Waals surface area contributed by atoms with E-state index in [0.29, 0.717) is 0 Å². The summed E-state index contributed by atoms with van der Waals surface area (Å²) >= 11 is 0. The number of piperazine rings is 1. The monoisotopic (exact) mass is 305 g/mol. The highest BCUT2D eigenvalue weighted by Gasteiger charge is 2.26. The Morgan fingerprint density at radius 3 is 2.14 bits per heavy atom. The minimum Gasteiger partial charge on any atom is -0.302 e. The maximum Gasteiger partial charge on any atom is 0.0110 e. The Balaban J connectivity index is 1.38. The third-order valence-corrected chi connectivity index (χ3v) is 6.21. The van der Waals surface area contributed by atoms with Gasteiger partial charge in [-0.2, -0.15) is 0 Å². The van der Waals surface area contributed by atoms with Crippen LogP contribution in [-0.2, 0) is 0 Å². The van der Waals surface area contributed by atoms with Gasteiger partial charge in [0.25, 0.3) is 0 Å². The minimum atomic E-state index is 0.810. The predicted octanol–water partition coefficient (Wildman–Crippen LogP) is 2.69. The van der Waals surface area contributed by atoms with Crippen LogP contribution in [0.2, 0.25) is 0 Å². The zero-order valence-electron chi connectivity index (χ0n) is 14.8. The fraction of sp³-hybridized carbons (Fsp3) is 0.895. The van der Waals surface area contributed by atoms with Crippen LogP contribution in [0.3, 0.4) is 0 Å². The van der Waals surface area contributed by atoms with Crippen LogP contribution in [0.25, 0.3) is 0 Å². The van der Waals surface area contributed by atoms with E-state index in [1.807, 2.05) is 0 Å². The Hall–Kier alpha value is -0.380. The largest absolute Gasteiger partial charge is 0.302 e. The highest BCUT2D eigenvalue weighted by molar-refractivity contribution is 5.09. The number of allylic oxidation sites excluding steroid dienone is 1. The molecular formula is C19H35N3. The van der Waals surface area contributed by atoms with Gasteiger partial charge in [0.15, 0.2) is 0 Å². The summed E-state index contributed by atoms with van der Waals surface area (Å²) in [5, 5.41) is 0. The standard InChI is InChI=1S/C19H35N3/c1-17-6-5-7-18(2)19(17)16-22-14-12-21(13-15-22)11-10-20-8-3-4-9-20/h6,18-19H,3-5,7-16H2,1-2H3/t18-,19-/m0/s1. The Morgan fingerprint density at radius 1 is 0.909 bits per heavy atom. The lowest BCUT2D eigenvalue weighted by molar-refractivity contribution is 0.104. The van der Waals surface area contributed by atoms with Gasteiger partial charge in [0.05, 0.1) is 0 Å². The first-order valence-corrected chi connectivity index (χ1v) is 9.56. The van der Waals surface area contributed by atoms with Gasteiger partial charge in [0, 0.05) is 45.8 Å². The summed E-state index contributed by atoms with van der Waals surface area (Å²) in [4.78, 5) is 8.04. The molecule has 0 aromatic heterocycles. The van der Waals surface area contributed by atoms with Gasteiger partial charge in [-0.05, 0) is 57.5 Å². The molecule has 0 saturated carbocycles. The molecule has 0 aromatic carbocycles. The van der Waals surface area contributed by atoms with Crippen LogP contribution >= 0.6 is 0 Å². The Kier molecular flexibility index (Phi) is 5.95. The lowest BCUT2D eigenvalue weighted by Crippen LogP contribution is -2.50. The molecule has 126 valence electrons. The molecule has 2 aliphatic heterocycles. The molecule has 3 rings (SSSR count). The number of hydrogen-bond donors (Lipinski definition) is 0. The topological polar surface area (TPSA) is 9.72 Å². The molecule has 0 aromatic rings. The lowest BCUT2D eigenvalue weighted by atomic mass is 9.80. The summed E-state index contributed by atoms with van der Waals surface area (Å²) in [5.41, 5.74) is 1.65. The smallest absolute Gasteiger partial charge is 0.0110 e. The van der Waals surface area contributed by atoms with E-state index >= 15 is 0 Å². The molecule has 2 fully saturated rings. The maximum atomic E-state index is 2.72. The molecule has 3 nitrogen and oxygen atoms in total. The molecular weight excluding hydrogens is 270 g/mol. The van der Waals surface area contributed by atoms with Crippen molar-refractivity contribution in [1.29, 1.82) is 0 Å². The zero-order valence-corrected chi connectivity index (χ0v) is 14.8. The number of likely N-dealkylation sites (tertiary alicyclic amines) is 1. The summed E-state index contributed by atoms with van der Waals surface area (Å²) in [6.45, 7) is 16.5. The van der Waals surface area contributed by atoms with Crippen molar-refractivity contribution in [2.45, 2.75) is 39.5 Å². The molecule has 0 spiro atoms. The van der Waals surface area contributed by atoms with E-state index in [1.54, 1.807) is 5.57 Å². The SMILES string of the molecule is CC1=CCC[C@H](C)[C@H]1CN1CCN(CCN2CCCC2)CC1. The van der Waals surface area contributed by atoms with Crippen LogP contribution in [0, 0.1) is 11.8 Å². The molecule has 0 radical (unpaired) electrons. The first kappa shape index (κ1) is 16.5. The summed E-state index contributed by atoms with van der Waals surface area (Å²) in [6, 6.07) is 0. The van der Waals surface area contributed by atoms with Gasteiger partial charge < -0.3 is 9.80 Å². The highest BCUT2D eigenvalue weighted by Crippen LogP contribution is 2.30. The molecule has 2 heterocycles. The lowest BCUT2D eigenvalue weighted by Gasteiger charge is -2.39. The van der Waals surface area contributed by atoms with Crippen molar-refractivity contribution < 1.29 is 0 Å². The van der Waals surface area contributed by atoms with E-state index in [-0.39, 0.29) is 0 Å². The van der Waals surface area contributed by atoms with E-state index < -0.39 is 0 Å². The van der Waals surface area contributed by atoms with Gasteiger partial charge in [-0.15, -0.1) is 0 Å². The summed E-state index contributed by atoms with van der Waals surface area (Å²) in [7, 11) is 0. The number of rotatable bonds is 5. The Labute approximate surface area is 137 Å². The average molecular weight is 306 g/mol. The third-order valence-electron chi connectivity index (χ3n) is 6.21. The molecule has 0 N–H and O–H groups in total. The molecule has 2 saturated heterocycles.